The summed E-state index contributed by atoms with van der Waals surface area (Å²) in [5, 5.41) is 0. The molecule has 112 valence electrons. The summed E-state index contributed by atoms with van der Waals surface area (Å²) in [4.78, 5) is 12.6. The molecule has 8 aliphatic carbocycles. The van der Waals surface area contributed by atoms with Gasteiger partial charge in [0.2, 0.25) is 0 Å². The fourth-order valence-electron chi connectivity index (χ4n) is 10.2. The second kappa shape index (κ2) is 2.95. The lowest BCUT2D eigenvalue weighted by molar-refractivity contribution is -0.337. The van der Waals surface area contributed by atoms with Gasteiger partial charge in [0.05, 0.1) is 5.92 Å². The molecule has 1 spiro atoms. The van der Waals surface area contributed by atoms with E-state index in [-0.39, 0.29) is 11.9 Å². The van der Waals surface area contributed by atoms with E-state index in [1.807, 2.05) is 0 Å². The molecular weight excluding hydrogens is 260 g/mol. The van der Waals surface area contributed by atoms with E-state index in [0.29, 0.717) is 11.5 Å². The highest BCUT2D eigenvalue weighted by Gasteiger charge is 2.80. The van der Waals surface area contributed by atoms with E-state index in [2.05, 4.69) is 6.92 Å². The van der Waals surface area contributed by atoms with Crippen molar-refractivity contribution in [3.05, 3.63) is 0 Å². The molecule has 2 heterocycles. The Hall–Kier alpha value is -0.530. The third kappa shape index (κ3) is 0.895. The average Bonchev–Trinajstić information content (AvgIpc) is 2.60. The van der Waals surface area contributed by atoms with Crippen LogP contribution in [0.15, 0.2) is 0 Å². The van der Waals surface area contributed by atoms with Gasteiger partial charge < -0.3 is 4.74 Å². The lowest BCUT2D eigenvalue weighted by Crippen LogP contribution is -2.77. The highest BCUT2D eigenvalue weighted by Crippen LogP contribution is 2.82. The monoisotopic (exact) mass is 284 g/mol. The first-order valence-corrected chi connectivity index (χ1v) is 9.39. The molecule has 10 aliphatic rings. The second-order valence-electron chi connectivity index (χ2n) is 9.87. The van der Waals surface area contributed by atoms with Gasteiger partial charge >= 0.3 is 5.97 Å². The summed E-state index contributed by atoms with van der Waals surface area (Å²) < 4.78 is 6.18. The van der Waals surface area contributed by atoms with Gasteiger partial charge in [-0.05, 0) is 78.9 Å². The zero-order valence-corrected chi connectivity index (χ0v) is 12.7. The summed E-state index contributed by atoms with van der Waals surface area (Å²) in [5.41, 5.74) is 0.550. The number of esters is 1. The smallest absolute Gasteiger partial charge is 0.309 e. The second-order valence-corrected chi connectivity index (χ2v) is 9.87. The van der Waals surface area contributed by atoms with Crippen LogP contribution in [0.1, 0.15) is 39.0 Å². The lowest BCUT2D eigenvalue weighted by atomic mass is 9.24. The van der Waals surface area contributed by atoms with Gasteiger partial charge in [0, 0.05) is 11.8 Å². The average molecular weight is 284 g/mol. The van der Waals surface area contributed by atoms with Crippen LogP contribution in [-0.2, 0) is 9.53 Å². The number of carbonyl (C=O) groups excluding carboxylic acids is 1. The van der Waals surface area contributed by atoms with Crippen molar-refractivity contribution < 1.29 is 9.53 Å². The van der Waals surface area contributed by atoms with Crippen molar-refractivity contribution in [2.75, 3.05) is 0 Å². The van der Waals surface area contributed by atoms with Crippen LogP contribution in [0.2, 0.25) is 0 Å². The largest absolute Gasteiger partial charge is 0.462 e. The van der Waals surface area contributed by atoms with E-state index in [9.17, 15) is 4.79 Å². The first kappa shape index (κ1) is 11.1. The summed E-state index contributed by atoms with van der Waals surface area (Å²) in [6.45, 7) is 2.52. The standard InChI is InChI=1S/C19H24O2/c1-7-13-10-2-8-3-11(13)16-17-14(7)12-4-9(18(20)21-17)6-19(16,5-8)15(10)12/h7-17H,2-6H2,1H3. The third-order valence-electron chi connectivity index (χ3n) is 9.79. The molecule has 2 nitrogen and oxygen atoms in total. The van der Waals surface area contributed by atoms with Crippen LogP contribution >= 0.6 is 0 Å². The van der Waals surface area contributed by atoms with Gasteiger partial charge in [-0.25, -0.2) is 0 Å². The summed E-state index contributed by atoms with van der Waals surface area (Å²) in [6.07, 6.45) is 7.19. The van der Waals surface area contributed by atoms with Crippen LogP contribution in [0.25, 0.3) is 0 Å². The maximum atomic E-state index is 12.6. The van der Waals surface area contributed by atoms with Crippen LogP contribution in [0.3, 0.4) is 0 Å². The molecule has 11 bridgehead atoms. The van der Waals surface area contributed by atoms with Gasteiger partial charge in [0.25, 0.3) is 0 Å². The quantitative estimate of drug-likeness (QED) is 0.639. The fraction of sp³-hybridized carbons (Fsp3) is 0.947. The van der Waals surface area contributed by atoms with Gasteiger partial charge in [-0.3, -0.25) is 4.79 Å². The molecule has 10 rings (SSSR count). The zero-order chi connectivity index (χ0) is 13.7. The van der Waals surface area contributed by atoms with E-state index in [1.54, 1.807) is 0 Å². The van der Waals surface area contributed by atoms with Crippen LogP contribution in [0, 0.1) is 64.6 Å². The van der Waals surface area contributed by atoms with Crippen molar-refractivity contribution in [3.8, 4) is 0 Å². The maximum absolute atomic E-state index is 12.6. The normalized spacial score (nSPS) is 74.1. The number of fused-ring (bicyclic) bond motifs is 1. The Morgan fingerprint density at radius 2 is 1.76 bits per heavy atom. The highest BCUT2D eigenvalue weighted by molar-refractivity contribution is 5.74. The van der Waals surface area contributed by atoms with Crippen molar-refractivity contribution in [2.24, 2.45) is 64.6 Å². The van der Waals surface area contributed by atoms with E-state index in [1.165, 1.54) is 32.1 Å². The minimum atomic E-state index is 0.194. The predicted octanol–water partition coefficient (Wildman–Crippen LogP) is 3.11. The molecule has 0 radical (unpaired) electrons. The fourth-order valence-corrected chi connectivity index (χ4v) is 10.2. The SMILES string of the molecule is CC1C2C3CC4CC2C2C5OC(=O)C6CC(C15)C3C2(C4)C6. The van der Waals surface area contributed by atoms with Crippen molar-refractivity contribution in [1.82, 2.24) is 0 Å². The van der Waals surface area contributed by atoms with Crippen molar-refractivity contribution in [3.63, 3.8) is 0 Å². The zero-order valence-electron chi connectivity index (χ0n) is 12.7. The number of hydrogen-bond acceptors (Lipinski definition) is 2. The highest BCUT2D eigenvalue weighted by atomic mass is 16.5. The van der Waals surface area contributed by atoms with Gasteiger partial charge in [0.15, 0.2) is 0 Å². The summed E-state index contributed by atoms with van der Waals surface area (Å²) in [7, 11) is 0. The number of rotatable bonds is 0. The molecular formula is C19H24O2. The molecule has 2 saturated heterocycles. The van der Waals surface area contributed by atoms with E-state index in [0.717, 1.165) is 53.3 Å². The van der Waals surface area contributed by atoms with Crippen molar-refractivity contribution >= 4 is 5.97 Å². The Bertz CT molecular complexity index is 584. The molecule has 0 aromatic carbocycles. The number of hydrogen-bond donors (Lipinski definition) is 0. The van der Waals surface area contributed by atoms with E-state index in [4.69, 9.17) is 4.74 Å². The van der Waals surface area contributed by atoms with Gasteiger partial charge in [-0.15, -0.1) is 0 Å². The van der Waals surface area contributed by atoms with Gasteiger partial charge in [-0.2, -0.15) is 0 Å². The Morgan fingerprint density at radius 1 is 1.00 bits per heavy atom. The molecule has 2 aliphatic heterocycles. The van der Waals surface area contributed by atoms with Crippen LogP contribution in [0.4, 0.5) is 0 Å². The van der Waals surface area contributed by atoms with Crippen molar-refractivity contribution in [2.45, 2.75) is 45.1 Å². The summed E-state index contributed by atoms with van der Waals surface area (Å²) in [5.74, 6) is 8.56. The first-order valence-electron chi connectivity index (χ1n) is 9.39. The van der Waals surface area contributed by atoms with Crippen molar-refractivity contribution in [1.29, 1.82) is 0 Å². The number of carbonyl (C=O) groups is 1. The van der Waals surface area contributed by atoms with Crippen LogP contribution in [-0.4, -0.2) is 12.1 Å². The lowest BCUT2D eigenvalue weighted by Gasteiger charge is -2.80. The first-order chi connectivity index (χ1) is 10.2. The predicted molar refractivity (Wildman–Crippen MR) is 76.0 cm³/mol. The van der Waals surface area contributed by atoms with Gasteiger partial charge in [-0.1, -0.05) is 6.92 Å². The maximum Gasteiger partial charge on any atom is 0.309 e. The minimum Gasteiger partial charge on any atom is -0.462 e. The molecule has 10 fully saturated rings. The Morgan fingerprint density at radius 3 is 2.62 bits per heavy atom. The summed E-state index contributed by atoms with van der Waals surface area (Å²) >= 11 is 0. The Balaban J connectivity index is 1.56. The molecule has 0 aromatic rings. The molecule has 12 unspecified atom stereocenters. The minimum absolute atomic E-state index is 0.194. The summed E-state index contributed by atoms with van der Waals surface area (Å²) in [6, 6.07) is 0. The third-order valence-corrected chi connectivity index (χ3v) is 9.79. The Kier molecular flexibility index (Phi) is 1.55. The topological polar surface area (TPSA) is 26.3 Å². The molecule has 0 aromatic heterocycles. The molecule has 12 atom stereocenters. The van der Waals surface area contributed by atoms with Crippen LogP contribution in [0.5, 0.6) is 0 Å². The van der Waals surface area contributed by atoms with Crippen LogP contribution < -0.4 is 0 Å². The van der Waals surface area contributed by atoms with E-state index >= 15 is 0 Å². The van der Waals surface area contributed by atoms with Gasteiger partial charge in [0.1, 0.15) is 6.10 Å². The molecule has 21 heavy (non-hydrogen) atoms. The van der Waals surface area contributed by atoms with E-state index < -0.39 is 0 Å². The Labute approximate surface area is 126 Å². The molecule has 0 amide bonds. The molecule has 0 N–H and O–H groups in total. The molecule has 8 saturated carbocycles. The molecule has 2 heteroatoms. The number of ether oxygens (including phenoxy) is 1.